The van der Waals surface area contributed by atoms with Gasteiger partial charge in [-0.05, 0) is 24.5 Å². The lowest BCUT2D eigenvalue weighted by atomic mass is 10.1. The zero-order valence-electron chi connectivity index (χ0n) is 8.62. The van der Waals surface area contributed by atoms with Gasteiger partial charge in [-0.3, -0.25) is 0 Å². The summed E-state index contributed by atoms with van der Waals surface area (Å²) in [7, 11) is 0. The van der Waals surface area contributed by atoms with Crippen LogP contribution >= 0.6 is 11.8 Å². The molecule has 0 saturated heterocycles. The zero-order valence-corrected chi connectivity index (χ0v) is 9.44. The summed E-state index contributed by atoms with van der Waals surface area (Å²) in [6.07, 6.45) is 2.88. The number of benzene rings is 1. The molecule has 1 aromatic rings. The van der Waals surface area contributed by atoms with Crippen molar-refractivity contribution in [1.29, 1.82) is 0 Å². The van der Waals surface area contributed by atoms with E-state index in [1.165, 1.54) is 16.0 Å². The molecular formula is C12H17NS. The van der Waals surface area contributed by atoms with Gasteiger partial charge in [0.1, 0.15) is 0 Å². The van der Waals surface area contributed by atoms with Gasteiger partial charge < -0.3 is 5.73 Å². The highest BCUT2D eigenvalue weighted by atomic mass is 32.2. The monoisotopic (exact) mass is 207 g/mol. The molecule has 0 atom stereocenters. The van der Waals surface area contributed by atoms with Crippen molar-refractivity contribution in [3.05, 3.63) is 42.0 Å². The van der Waals surface area contributed by atoms with Gasteiger partial charge in [-0.1, -0.05) is 24.3 Å². The van der Waals surface area contributed by atoms with Crippen molar-refractivity contribution in [3.63, 3.8) is 0 Å². The molecule has 14 heavy (non-hydrogen) atoms. The van der Waals surface area contributed by atoms with E-state index in [9.17, 15) is 0 Å². The number of nitrogens with two attached hydrogens (primary N) is 1. The van der Waals surface area contributed by atoms with E-state index in [4.69, 9.17) is 5.73 Å². The van der Waals surface area contributed by atoms with Gasteiger partial charge in [0.2, 0.25) is 0 Å². The summed E-state index contributed by atoms with van der Waals surface area (Å²) in [5, 5.41) is 0. The van der Waals surface area contributed by atoms with Crippen molar-refractivity contribution in [1.82, 2.24) is 0 Å². The van der Waals surface area contributed by atoms with Crippen molar-refractivity contribution >= 4 is 11.8 Å². The fourth-order valence-electron chi connectivity index (χ4n) is 1.40. The third kappa shape index (κ3) is 2.89. The number of rotatable bonds is 5. The lowest BCUT2D eigenvalue weighted by Gasteiger charge is -2.09. The summed E-state index contributed by atoms with van der Waals surface area (Å²) in [6.45, 7) is 6.65. The van der Waals surface area contributed by atoms with Gasteiger partial charge in [0, 0.05) is 17.2 Å². The van der Waals surface area contributed by atoms with Crippen LogP contribution in [0.15, 0.2) is 35.7 Å². The molecule has 2 heteroatoms. The van der Waals surface area contributed by atoms with E-state index < -0.39 is 0 Å². The van der Waals surface area contributed by atoms with Crippen LogP contribution in [0, 0.1) is 6.92 Å². The van der Waals surface area contributed by atoms with Crippen molar-refractivity contribution in [2.24, 2.45) is 5.73 Å². The third-order valence-electron chi connectivity index (χ3n) is 2.02. The van der Waals surface area contributed by atoms with E-state index in [0.29, 0.717) is 0 Å². The normalized spacial score (nSPS) is 10.1. The topological polar surface area (TPSA) is 26.0 Å². The van der Waals surface area contributed by atoms with Crippen molar-refractivity contribution < 1.29 is 0 Å². The molecular weight excluding hydrogens is 190 g/mol. The smallest absolute Gasteiger partial charge is 0.0137 e. The zero-order chi connectivity index (χ0) is 10.4. The van der Waals surface area contributed by atoms with E-state index in [1.54, 1.807) is 0 Å². The first-order chi connectivity index (χ1) is 6.79. The summed E-state index contributed by atoms with van der Waals surface area (Å²) < 4.78 is 0. The Kier molecular flexibility index (Phi) is 4.77. The van der Waals surface area contributed by atoms with Crippen molar-refractivity contribution in [2.75, 3.05) is 12.3 Å². The second-order valence-corrected chi connectivity index (χ2v) is 4.30. The Morgan fingerprint density at radius 2 is 2.29 bits per heavy atom. The van der Waals surface area contributed by atoms with Gasteiger partial charge in [-0.15, -0.1) is 18.3 Å². The van der Waals surface area contributed by atoms with Crippen LogP contribution in [0.25, 0.3) is 0 Å². The van der Waals surface area contributed by atoms with Gasteiger partial charge in [0.25, 0.3) is 0 Å². The Morgan fingerprint density at radius 3 is 2.93 bits per heavy atom. The lowest BCUT2D eigenvalue weighted by Crippen LogP contribution is -2.02. The molecule has 0 amide bonds. The summed E-state index contributed by atoms with van der Waals surface area (Å²) >= 11 is 1.84. The Balaban J connectivity index is 2.89. The van der Waals surface area contributed by atoms with Crippen LogP contribution in [0.1, 0.15) is 11.1 Å². The SMILES string of the molecule is C=CCc1cccc(C)c1SCCN. The summed E-state index contributed by atoms with van der Waals surface area (Å²) in [4.78, 5) is 1.37. The van der Waals surface area contributed by atoms with Gasteiger partial charge in [0.15, 0.2) is 0 Å². The molecule has 76 valence electrons. The highest BCUT2D eigenvalue weighted by Gasteiger charge is 2.03. The molecule has 0 heterocycles. The number of hydrogen-bond acceptors (Lipinski definition) is 2. The molecule has 1 rings (SSSR count). The lowest BCUT2D eigenvalue weighted by molar-refractivity contribution is 1.12. The molecule has 0 bridgehead atoms. The number of aryl methyl sites for hydroxylation is 1. The molecule has 0 aliphatic rings. The van der Waals surface area contributed by atoms with Crippen LogP contribution in [0.5, 0.6) is 0 Å². The van der Waals surface area contributed by atoms with E-state index in [-0.39, 0.29) is 0 Å². The summed E-state index contributed by atoms with van der Waals surface area (Å²) in [5.74, 6) is 0.981. The van der Waals surface area contributed by atoms with E-state index >= 15 is 0 Å². The van der Waals surface area contributed by atoms with Crippen molar-refractivity contribution in [3.8, 4) is 0 Å². The van der Waals surface area contributed by atoms with Crippen molar-refractivity contribution in [2.45, 2.75) is 18.2 Å². The fraction of sp³-hybridized carbons (Fsp3) is 0.333. The van der Waals surface area contributed by atoms with Crippen LogP contribution < -0.4 is 5.73 Å². The highest BCUT2D eigenvalue weighted by Crippen LogP contribution is 2.26. The van der Waals surface area contributed by atoms with Gasteiger partial charge in [-0.2, -0.15) is 0 Å². The first kappa shape index (κ1) is 11.3. The second-order valence-electron chi connectivity index (χ2n) is 3.19. The van der Waals surface area contributed by atoms with Crippen LogP contribution in [-0.2, 0) is 6.42 Å². The molecule has 1 aromatic carbocycles. The first-order valence-electron chi connectivity index (χ1n) is 4.82. The summed E-state index contributed by atoms with van der Waals surface area (Å²) in [6, 6.07) is 6.40. The van der Waals surface area contributed by atoms with Gasteiger partial charge in [-0.25, -0.2) is 0 Å². The third-order valence-corrected chi connectivity index (χ3v) is 3.33. The van der Waals surface area contributed by atoms with Crippen LogP contribution in [-0.4, -0.2) is 12.3 Å². The molecule has 0 aliphatic carbocycles. The van der Waals surface area contributed by atoms with E-state index in [0.717, 1.165) is 18.7 Å². The quantitative estimate of drug-likeness (QED) is 0.593. The van der Waals surface area contributed by atoms with Crippen LogP contribution in [0.3, 0.4) is 0 Å². The largest absolute Gasteiger partial charge is 0.330 e. The second kappa shape index (κ2) is 5.89. The summed E-state index contributed by atoms with van der Waals surface area (Å²) in [5.41, 5.74) is 8.21. The van der Waals surface area contributed by atoms with E-state index in [1.807, 2.05) is 17.8 Å². The van der Waals surface area contributed by atoms with Gasteiger partial charge in [0.05, 0.1) is 0 Å². The minimum Gasteiger partial charge on any atom is -0.330 e. The maximum atomic E-state index is 5.51. The minimum atomic E-state index is 0.729. The molecule has 0 aliphatic heterocycles. The number of thioether (sulfide) groups is 1. The molecule has 0 spiro atoms. The Bertz CT molecular complexity index is 307. The molecule has 0 saturated carbocycles. The highest BCUT2D eigenvalue weighted by molar-refractivity contribution is 7.99. The first-order valence-corrected chi connectivity index (χ1v) is 5.80. The predicted octanol–water partition coefficient (Wildman–Crippen LogP) is 2.77. The standard InChI is InChI=1S/C12H17NS/c1-3-5-11-7-4-6-10(2)12(11)14-9-8-13/h3-4,6-7H,1,5,8-9,13H2,2H3. The number of hydrogen-bond donors (Lipinski definition) is 1. The van der Waals surface area contributed by atoms with Gasteiger partial charge >= 0.3 is 0 Å². The Labute approximate surface area is 90.4 Å². The molecule has 1 nitrogen and oxygen atoms in total. The molecule has 0 radical (unpaired) electrons. The maximum Gasteiger partial charge on any atom is 0.0137 e. The average molecular weight is 207 g/mol. The number of allylic oxidation sites excluding steroid dienone is 1. The average Bonchev–Trinajstić information content (AvgIpc) is 2.18. The maximum absolute atomic E-state index is 5.51. The van der Waals surface area contributed by atoms with E-state index in [2.05, 4.69) is 31.7 Å². The predicted molar refractivity (Wildman–Crippen MR) is 64.9 cm³/mol. The van der Waals surface area contributed by atoms with Crippen LogP contribution in [0.2, 0.25) is 0 Å². The molecule has 0 aromatic heterocycles. The Hall–Kier alpha value is -0.730. The molecule has 0 fully saturated rings. The Morgan fingerprint density at radius 1 is 1.50 bits per heavy atom. The minimum absolute atomic E-state index is 0.729. The molecule has 2 N–H and O–H groups in total. The fourth-order valence-corrected chi connectivity index (χ4v) is 2.35. The van der Waals surface area contributed by atoms with Crippen LogP contribution in [0.4, 0.5) is 0 Å². The molecule has 0 unspecified atom stereocenters.